The molecule has 1 aromatic carbocycles. The van der Waals surface area contributed by atoms with Crippen molar-refractivity contribution in [1.82, 2.24) is 10.6 Å². The highest BCUT2D eigenvalue weighted by Crippen LogP contribution is 2.20. The van der Waals surface area contributed by atoms with Crippen molar-refractivity contribution < 1.29 is 14.0 Å². The molecule has 0 saturated heterocycles. The molecule has 7 heteroatoms. The van der Waals surface area contributed by atoms with Crippen LogP contribution in [0.4, 0.5) is 4.79 Å². The molecular weight excluding hydrogens is 315 g/mol. The van der Waals surface area contributed by atoms with Crippen molar-refractivity contribution >= 4 is 35.1 Å². The van der Waals surface area contributed by atoms with Crippen LogP contribution in [0.3, 0.4) is 0 Å². The number of benzene rings is 1. The number of amides is 3. The molecule has 1 heterocycles. The minimum atomic E-state index is -0.596. The Morgan fingerprint density at radius 3 is 2.67 bits per heavy atom. The summed E-state index contributed by atoms with van der Waals surface area (Å²) in [6.07, 6.45) is 1.88. The molecule has 21 heavy (non-hydrogen) atoms. The third kappa shape index (κ3) is 4.51. The number of urea groups is 1. The third-order valence-corrected chi connectivity index (χ3v) is 3.25. The summed E-state index contributed by atoms with van der Waals surface area (Å²) >= 11 is 11.8. The van der Waals surface area contributed by atoms with Crippen molar-refractivity contribution in [2.75, 3.05) is 6.54 Å². The van der Waals surface area contributed by atoms with E-state index in [4.69, 9.17) is 27.6 Å². The summed E-state index contributed by atoms with van der Waals surface area (Å²) in [6.45, 7) is 0.332. The van der Waals surface area contributed by atoms with Crippen LogP contribution in [0.25, 0.3) is 0 Å². The van der Waals surface area contributed by atoms with E-state index < -0.39 is 11.9 Å². The average molecular weight is 327 g/mol. The van der Waals surface area contributed by atoms with Crippen molar-refractivity contribution in [3.63, 3.8) is 0 Å². The van der Waals surface area contributed by atoms with Crippen LogP contribution in [-0.4, -0.2) is 18.5 Å². The fraction of sp³-hybridized carbons (Fsp3) is 0.143. The molecule has 110 valence electrons. The van der Waals surface area contributed by atoms with Gasteiger partial charge in [0.2, 0.25) is 0 Å². The molecule has 5 nitrogen and oxygen atoms in total. The van der Waals surface area contributed by atoms with Gasteiger partial charge in [-0.3, -0.25) is 10.1 Å². The van der Waals surface area contributed by atoms with E-state index in [-0.39, 0.29) is 5.76 Å². The molecule has 0 bridgehead atoms. The summed E-state index contributed by atoms with van der Waals surface area (Å²) in [6, 6.07) is 7.59. The number of rotatable bonds is 4. The first kappa shape index (κ1) is 15.4. The van der Waals surface area contributed by atoms with E-state index in [2.05, 4.69) is 10.6 Å². The van der Waals surface area contributed by atoms with E-state index >= 15 is 0 Å². The number of halogens is 2. The Kier molecular flexibility index (Phi) is 5.25. The lowest BCUT2D eigenvalue weighted by Crippen LogP contribution is -2.40. The van der Waals surface area contributed by atoms with Gasteiger partial charge in [0.15, 0.2) is 5.76 Å². The van der Waals surface area contributed by atoms with Crippen LogP contribution in [0.5, 0.6) is 0 Å². The van der Waals surface area contributed by atoms with Gasteiger partial charge < -0.3 is 9.73 Å². The Hall–Kier alpha value is -1.98. The van der Waals surface area contributed by atoms with Gasteiger partial charge in [-0.05, 0) is 36.2 Å². The van der Waals surface area contributed by atoms with E-state index in [9.17, 15) is 9.59 Å². The minimum Gasteiger partial charge on any atom is -0.459 e. The first-order valence-electron chi connectivity index (χ1n) is 6.13. The molecule has 0 spiro atoms. The molecule has 0 radical (unpaired) electrons. The number of hydrogen-bond donors (Lipinski definition) is 2. The zero-order valence-corrected chi connectivity index (χ0v) is 12.4. The Labute approximate surface area is 131 Å². The van der Waals surface area contributed by atoms with Crippen molar-refractivity contribution in [2.24, 2.45) is 0 Å². The highest BCUT2D eigenvalue weighted by Gasteiger charge is 2.12. The highest BCUT2D eigenvalue weighted by molar-refractivity contribution is 6.35. The van der Waals surface area contributed by atoms with Gasteiger partial charge in [-0.2, -0.15) is 0 Å². The van der Waals surface area contributed by atoms with Crippen LogP contribution >= 0.6 is 23.2 Å². The van der Waals surface area contributed by atoms with E-state index in [0.717, 1.165) is 5.56 Å². The van der Waals surface area contributed by atoms with E-state index in [1.54, 1.807) is 24.3 Å². The van der Waals surface area contributed by atoms with Crippen LogP contribution in [0, 0.1) is 0 Å². The number of furan rings is 1. The van der Waals surface area contributed by atoms with Gasteiger partial charge in [-0.15, -0.1) is 0 Å². The number of carbonyl (C=O) groups is 2. The van der Waals surface area contributed by atoms with Gasteiger partial charge in [0.1, 0.15) is 0 Å². The Morgan fingerprint density at radius 2 is 2.00 bits per heavy atom. The van der Waals surface area contributed by atoms with E-state index in [0.29, 0.717) is 23.0 Å². The topological polar surface area (TPSA) is 71.3 Å². The first-order chi connectivity index (χ1) is 10.1. The summed E-state index contributed by atoms with van der Waals surface area (Å²) < 4.78 is 4.87. The fourth-order valence-corrected chi connectivity index (χ4v) is 2.15. The van der Waals surface area contributed by atoms with Gasteiger partial charge in [0, 0.05) is 16.6 Å². The second-order valence-corrected chi connectivity index (χ2v) is 5.02. The molecular formula is C14H12Cl2N2O3. The van der Waals surface area contributed by atoms with Crippen LogP contribution in [-0.2, 0) is 6.42 Å². The smallest absolute Gasteiger partial charge is 0.321 e. The third-order valence-electron chi connectivity index (χ3n) is 2.67. The number of imide groups is 1. The molecule has 2 N–H and O–H groups in total. The summed E-state index contributed by atoms with van der Waals surface area (Å²) in [5.41, 5.74) is 0.860. The maximum atomic E-state index is 11.5. The summed E-state index contributed by atoms with van der Waals surface area (Å²) in [5.74, 6) is -0.520. The normalized spacial score (nSPS) is 10.2. The van der Waals surface area contributed by atoms with E-state index in [1.807, 2.05) is 0 Å². The Bertz CT molecular complexity index is 642. The van der Waals surface area contributed by atoms with Crippen molar-refractivity contribution in [3.05, 3.63) is 58.0 Å². The maximum absolute atomic E-state index is 11.5. The van der Waals surface area contributed by atoms with Crippen molar-refractivity contribution in [1.29, 1.82) is 0 Å². The number of carbonyl (C=O) groups excluding carboxylic acids is 2. The second kappa shape index (κ2) is 7.15. The maximum Gasteiger partial charge on any atom is 0.321 e. The summed E-state index contributed by atoms with van der Waals surface area (Å²) in [5, 5.41) is 5.81. The van der Waals surface area contributed by atoms with Gasteiger partial charge in [0.05, 0.1) is 6.26 Å². The Balaban J connectivity index is 1.78. The molecule has 3 amide bonds. The Morgan fingerprint density at radius 1 is 1.19 bits per heavy atom. The first-order valence-corrected chi connectivity index (χ1v) is 6.88. The summed E-state index contributed by atoms with van der Waals surface area (Å²) in [7, 11) is 0. The molecule has 0 fully saturated rings. The second-order valence-electron chi connectivity index (χ2n) is 4.17. The van der Waals surface area contributed by atoms with Crippen LogP contribution < -0.4 is 10.6 Å². The lowest BCUT2D eigenvalue weighted by molar-refractivity contribution is 0.0937. The quantitative estimate of drug-likeness (QED) is 0.905. The summed E-state index contributed by atoms with van der Waals surface area (Å²) in [4.78, 5) is 23.1. The molecule has 0 unspecified atom stereocenters. The lowest BCUT2D eigenvalue weighted by Gasteiger charge is -2.07. The molecule has 2 rings (SSSR count). The van der Waals surface area contributed by atoms with Gasteiger partial charge in [-0.25, -0.2) is 4.79 Å². The molecule has 0 atom stereocenters. The van der Waals surface area contributed by atoms with E-state index in [1.165, 1.54) is 12.3 Å². The molecule has 0 aliphatic rings. The predicted octanol–water partition coefficient (Wildman–Crippen LogP) is 3.27. The molecule has 2 aromatic rings. The number of nitrogens with one attached hydrogen (secondary N) is 2. The standard InChI is InChI=1S/C14H12Cl2N2O3/c15-10-4-3-9(11(16)8-10)5-6-17-14(20)18-13(19)12-2-1-7-21-12/h1-4,7-8H,5-6H2,(H2,17,18,19,20). The average Bonchev–Trinajstić information content (AvgIpc) is 2.95. The zero-order chi connectivity index (χ0) is 15.2. The van der Waals surface area contributed by atoms with Gasteiger partial charge >= 0.3 is 6.03 Å². The lowest BCUT2D eigenvalue weighted by atomic mass is 10.1. The minimum absolute atomic E-state index is 0.0749. The van der Waals surface area contributed by atoms with Crippen molar-refractivity contribution in [2.45, 2.75) is 6.42 Å². The van der Waals surface area contributed by atoms with Gasteiger partial charge in [0.25, 0.3) is 5.91 Å². The predicted molar refractivity (Wildman–Crippen MR) is 79.7 cm³/mol. The van der Waals surface area contributed by atoms with Gasteiger partial charge in [-0.1, -0.05) is 29.3 Å². The number of hydrogen-bond acceptors (Lipinski definition) is 3. The zero-order valence-electron chi connectivity index (χ0n) is 10.9. The monoisotopic (exact) mass is 326 g/mol. The molecule has 0 saturated carbocycles. The molecule has 1 aromatic heterocycles. The largest absolute Gasteiger partial charge is 0.459 e. The SMILES string of the molecule is O=C(NCCc1ccc(Cl)cc1Cl)NC(=O)c1ccco1. The van der Waals surface area contributed by atoms with Crippen molar-refractivity contribution in [3.8, 4) is 0 Å². The highest BCUT2D eigenvalue weighted by atomic mass is 35.5. The van der Waals surface area contributed by atoms with Crippen LogP contribution in [0.15, 0.2) is 41.0 Å². The molecule has 0 aliphatic carbocycles. The van der Waals surface area contributed by atoms with Crippen LogP contribution in [0.2, 0.25) is 10.0 Å². The fourth-order valence-electron chi connectivity index (χ4n) is 1.65. The van der Waals surface area contributed by atoms with Crippen LogP contribution in [0.1, 0.15) is 16.1 Å². The molecule has 0 aliphatic heterocycles.